The van der Waals surface area contributed by atoms with E-state index in [2.05, 4.69) is 19.9 Å². The zero-order valence-electron chi connectivity index (χ0n) is 11.3. The molecule has 0 aromatic heterocycles. The van der Waals surface area contributed by atoms with Crippen LogP contribution in [-0.2, 0) is 0 Å². The van der Waals surface area contributed by atoms with Crippen LogP contribution in [0, 0.1) is 12.3 Å². The first-order chi connectivity index (χ1) is 7.92. The van der Waals surface area contributed by atoms with Crippen molar-refractivity contribution in [2.75, 3.05) is 13.2 Å². The summed E-state index contributed by atoms with van der Waals surface area (Å²) >= 11 is 0. The van der Waals surface area contributed by atoms with E-state index in [0.717, 1.165) is 16.9 Å². The quantitative estimate of drug-likeness (QED) is 0.825. The van der Waals surface area contributed by atoms with Crippen molar-refractivity contribution in [1.82, 2.24) is 0 Å². The van der Waals surface area contributed by atoms with E-state index in [1.165, 1.54) is 0 Å². The van der Waals surface area contributed by atoms with E-state index in [1.54, 1.807) is 0 Å². The maximum atomic E-state index is 6.26. The van der Waals surface area contributed by atoms with Crippen molar-refractivity contribution in [3.05, 3.63) is 29.3 Å². The van der Waals surface area contributed by atoms with Crippen molar-refractivity contribution in [1.29, 1.82) is 0 Å². The van der Waals surface area contributed by atoms with Crippen molar-refractivity contribution in [3.8, 4) is 5.75 Å². The first kappa shape index (κ1) is 14.0. The fraction of sp³-hybridized carbons (Fsp3) is 0.571. The lowest BCUT2D eigenvalue weighted by Gasteiger charge is -2.30. The van der Waals surface area contributed by atoms with Crippen LogP contribution in [0.15, 0.2) is 18.2 Å². The maximum Gasteiger partial charge on any atom is 0.122 e. The van der Waals surface area contributed by atoms with Crippen LogP contribution in [0.25, 0.3) is 0 Å². The Bertz CT molecular complexity index is 374. The van der Waals surface area contributed by atoms with Crippen LogP contribution in [0.1, 0.15) is 37.9 Å². The third-order valence-corrected chi connectivity index (χ3v) is 3.23. The average Bonchev–Trinajstić information content (AvgIpc) is 2.31. The molecule has 0 fully saturated rings. The Morgan fingerprint density at radius 1 is 1.35 bits per heavy atom. The SMILES string of the molecule is CCOc1ccc(C(N)C(C)(C)CN)cc1C. The molecule has 0 aliphatic heterocycles. The third-order valence-electron chi connectivity index (χ3n) is 3.23. The van der Waals surface area contributed by atoms with E-state index in [1.807, 2.05) is 26.0 Å². The highest BCUT2D eigenvalue weighted by atomic mass is 16.5. The molecule has 1 rings (SSSR count). The topological polar surface area (TPSA) is 61.3 Å². The molecule has 1 unspecified atom stereocenters. The predicted octanol–water partition coefficient (Wildman–Crippen LogP) is 2.38. The van der Waals surface area contributed by atoms with Gasteiger partial charge in [-0.1, -0.05) is 26.0 Å². The Morgan fingerprint density at radius 3 is 2.47 bits per heavy atom. The van der Waals surface area contributed by atoms with Crippen molar-refractivity contribution >= 4 is 0 Å². The number of aryl methyl sites for hydroxylation is 1. The molecule has 3 heteroatoms. The molecule has 17 heavy (non-hydrogen) atoms. The van der Waals surface area contributed by atoms with Crippen molar-refractivity contribution in [2.24, 2.45) is 16.9 Å². The summed E-state index contributed by atoms with van der Waals surface area (Å²) in [4.78, 5) is 0. The second-order valence-corrected chi connectivity index (χ2v) is 5.13. The Labute approximate surface area is 104 Å². The van der Waals surface area contributed by atoms with Gasteiger partial charge in [-0.2, -0.15) is 0 Å². The molecule has 0 spiro atoms. The van der Waals surface area contributed by atoms with E-state index < -0.39 is 0 Å². The van der Waals surface area contributed by atoms with Crippen LogP contribution < -0.4 is 16.2 Å². The number of nitrogens with two attached hydrogens (primary N) is 2. The summed E-state index contributed by atoms with van der Waals surface area (Å²) in [5.74, 6) is 0.925. The number of rotatable bonds is 5. The van der Waals surface area contributed by atoms with Crippen LogP contribution in [0.4, 0.5) is 0 Å². The minimum atomic E-state index is -0.0976. The van der Waals surface area contributed by atoms with Gasteiger partial charge in [0, 0.05) is 6.04 Å². The normalized spacial score (nSPS) is 13.5. The van der Waals surface area contributed by atoms with E-state index in [0.29, 0.717) is 13.2 Å². The highest BCUT2D eigenvalue weighted by molar-refractivity contribution is 5.37. The van der Waals surface area contributed by atoms with Crippen molar-refractivity contribution in [3.63, 3.8) is 0 Å². The molecule has 3 nitrogen and oxygen atoms in total. The number of hydrogen-bond donors (Lipinski definition) is 2. The summed E-state index contributed by atoms with van der Waals surface area (Å²) in [5.41, 5.74) is 14.1. The highest BCUT2D eigenvalue weighted by Gasteiger charge is 2.26. The zero-order chi connectivity index (χ0) is 13.1. The van der Waals surface area contributed by atoms with E-state index in [9.17, 15) is 0 Å². The molecule has 0 aliphatic rings. The lowest BCUT2D eigenvalue weighted by molar-refractivity contribution is 0.300. The molecule has 1 aromatic rings. The van der Waals surface area contributed by atoms with Gasteiger partial charge in [0.15, 0.2) is 0 Å². The lowest BCUT2D eigenvalue weighted by atomic mass is 9.81. The van der Waals surface area contributed by atoms with Gasteiger partial charge >= 0.3 is 0 Å². The largest absolute Gasteiger partial charge is 0.494 e. The first-order valence-electron chi connectivity index (χ1n) is 6.11. The van der Waals surface area contributed by atoms with Crippen LogP contribution in [0.2, 0.25) is 0 Å². The Morgan fingerprint density at radius 2 is 2.00 bits per heavy atom. The van der Waals surface area contributed by atoms with Gasteiger partial charge in [-0.3, -0.25) is 0 Å². The van der Waals surface area contributed by atoms with Crippen molar-refractivity contribution in [2.45, 2.75) is 33.7 Å². The first-order valence-corrected chi connectivity index (χ1v) is 6.11. The molecule has 0 heterocycles. The molecule has 0 saturated heterocycles. The molecule has 96 valence electrons. The Kier molecular flexibility index (Phi) is 4.54. The smallest absolute Gasteiger partial charge is 0.122 e. The zero-order valence-corrected chi connectivity index (χ0v) is 11.3. The van der Waals surface area contributed by atoms with Gasteiger partial charge in [-0.25, -0.2) is 0 Å². The summed E-state index contributed by atoms with van der Waals surface area (Å²) in [5, 5.41) is 0. The van der Waals surface area contributed by atoms with E-state index in [4.69, 9.17) is 16.2 Å². The van der Waals surface area contributed by atoms with E-state index in [-0.39, 0.29) is 11.5 Å². The fourth-order valence-electron chi connectivity index (χ4n) is 1.76. The molecule has 0 radical (unpaired) electrons. The second kappa shape index (κ2) is 5.52. The van der Waals surface area contributed by atoms with Crippen LogP contribution >= 0.6 is 0 Å². The van der Waals surface area contributed by atoms with Gasteiger partial charge in [0.25, 0.3) is 0 Å². The van der Waals surface area contributed by atoms with Gasteiger partial charge < -0.3 is 16.2 Å². The van der Waals surface area contributed by atoms with Crippen LogP contribution in [-0.4, -0.2) is 13.2 Å². The number of benzene rings is 1. The number of hydrogen-bond acceptors (Lipinski definition) is 3. The van der Waals surface area contributed by atoms with Crippen molar-refractivity contribution < 1.29 is 4.74 Å². The summed E-state index contributed by atoms with van der Waals surface area (Å²) < 4.78 is 5.52. The van der Waals surface area contributed by atoms with Gasteiger partial charge in [0.1, 0.15) is 5.75 Å². The summed E-state index contributed by atoms with van der Waals surface area (Å²) in [6.45, 7) is 9.45. The van der Waals surface area contributed by atoms with Gasteiger partial charge in [-0.15, -0.1) is 0 Å². The summed E-state index contributed by atoms with van der Waals surface area (Å²) in [6.07, 6.45) is 0. The fourth-order valence-corrected chi connectivity index (χ4v) is 1.76. The lowest BCUT2D eigenvalue weighted by Crippen LogP contribution is -2.35. The molecular formula is C14H24N2O. The Balaban J connectivity index is 2.97. The van der Waals surface area contributed by atoms with Gasteiger partial charge in [0.2, 0.25) is 0 Å². The maximum absolute atomic E-state index is 6.26. The molecule has 1 aromatic carbocycles. The van der Waals surface area contributed by atoms with Gasteiger partial charge in [-0.05, 0) is 43.0 Å². The molecule has 0 bridgehead atoms. The third kappa shape index (κ3) is 3.20. The minimum Gasteiger partial charge on any atom is -0.494 e. The van der Waals surface area contributed by atoms with Crippen LogP contribution in [0.5, 0.6) is 5.75 Å². The molecule has 0 aliphatic carbocycles. The van der Waals surface area contributed by atoms with Gasteiger partial charge in [0.05, 0.1) is 6.61 Å². The molecule has 0 saturated carbocycles. The molecule has 0 amide bonds. The standard InChI is InChI=1S/C14H24N2O/c1-5-17-12-7-6-11(8-10(12)2)13(16)14(3,4)9-15/h6-8,13H,5,9,15-16H2,1-4H3. The molecule has 4 N–H and O–H groups in total. The minimum absolute atomic E-state index is 0.0538. The molecule has 1 atom stereocenters. The second-order valence-electron chi connectivity index (χ2n) is 5.13. The monoisotopic (exact) mass is 236 g/mol. The molecular weight excluding hydrogens is 212 g/mol. The Hall–Kier alpha value is -1.06. The summed E-state index contributed by atoms with van der Waals surface area (Å²) in [7, 11) is 0. The van der Waals surface area contributed by atoms with E-state index >= 15 is 0 Å². The summed E-state index contributed by atoms with van der Waals surface area (Å²) in [6, 6.07) is 6.05. The van der Waals surface area contributed by atoms with Crippen LogP contribution in [0.3, 0.4) is 0 Å². The average molecular weight is 236 g/mol. The highest BCUT2D eigenvalue weighted by Crippen LogP contribution is 2.32. The number of ether oxygens (including phenoxy) is 1. The predicted molar refractivity (Wildman–Crippen MR) is 72.1 cm³/mol.